The SMILES string of the molecule is COc1cc2c(cc1OC)[C@@H](CNC(=O)c1ccccc1C)N(C(=O)Nc1ccccc1)CC2. The molecule has 0 radical (unpaired) electrons. The fourth-order valence-electron chi connectivity index (χ4n) is 4.32. The molecule has 0 saturated carbocycles. The Morgan fingerprint density at radius 1 is 0.971 bits per heavy atom. The first kappa shape index (κ1) is 23.2. The average Bonchev–Trinajstić information content (AvgIpc) is 2.86. The molecule has 3 aromatic carbocycles. The van der Waals surface area contributed by atoms with Gasteiger partial charge in [0.2, 0.25) is 0 Å². The largest absolute Gasteiger partial charge is 0.493 e. The van der Waals surface area contributed by atoms with Gasteiger partial charge in [0.1, 0.15) is 0 Å². The first-order valence-corrected chi connectivity index (χ1v) is 11.2. The number of urea groups is 1. The molecule has 0 spiro atoms. The summed E-state index contributed by atoms with van der Waals surface area (Å²) in [4.78, 5) is 28.0. The van der Waals surface area contributed by atoms with E-state index in [1.807, 2.05) is 67.6 Å². The summed E-state index contributed by atoms with van der Waals surface area (Å²) in [5, 5.41) is 6.00. The van der Waals surface area contributed by atoms with Gasteiger partial charge < -0.3 is 25.0 Å². The predicted octanol–water partition coefficient (Wildman–Crippen LogP) is 4.57. The lowest BCUT2D eigenvalue weighted by Gasteiger charge is -2.38. The number of amides is 3. The summed E-state index contributed by atoms with van der Waals surface area (Å²) in [6, 6.07) is 20.0. The van der Waals surface area contributed by atoms with Crippen LogP contribution in [0.1, 0.15) is 33.1 Å². The highest BCUT2D eigenvalue weighted by Crippen LogP contribution is 2.38. The normalized spacial score (nSPS) is 14.7. The van der Waals surface area contributed by atoms with Gasteiger partial charge in [-0.3, -0.25) is 4.79 Å². The first-order valence-electron chi connectivity index (χ1n) is 11.2. The molecule has 0 saturated heterocycles. The van der Waals surface area contributed by atoms with E-state index in [1.165, 1.54) is 0 Å². The summed E-state index contributed by atoms with van der Waals surface area (Å²) in [6.45, 7) is 2.67. The van der Waals surface area contributed by atoms with E-state index in [1.54, 1.807) is 25.2 Å². The van der Waals surface area contributed by atoms with Gasteiger partial charge in [-0.05, 0) is 60.4 Å². The molecule has 1 aliphatic heterocycles. The van der Waals surface area contributed by atoms with Gasteiger partial charge in [0, 0.05) is 24.3 Å². The van der Waals surface area contributed by atoms with Crippen molar-refractivity contribution in [2.45, 2.75) is 19.4 Å². The zero-order valence-corrected chi connectivity index (χ0v) is 19.6. The number of methoxy groups -OCH3 is 2. The van der Waals surface area contributed by atoms with Crippen LogP contribution in [-0.4, -0.2) is 44.1 Å². The molecular weight excluding hydrogens is 430 g/mol. The molecule has 0 aliphatic carbocycles. The Bertz CT molecular complexity index is 1180. The van der Waals surface area contributed by atoms with Crippen molar-refractivity contribution in [2.75, 3.05) is 32.6 Å². The highest BCUT2D eigenvalue weighted by atomic mass is 16.5. The lowest BCUT2D eigenvalue weighted by atomic mass is 9.91. The lowest BCUT2D eigenvalue weighted by molar-refractivity contribution is 0.0936. The van der Waals surface area contributed by atoms with E-state index in [4.69, 9.17) is 9.47 Å². The number of hydrogen-bond donors (Lipinski definition) is 2. The molecule has 3 amide bonds. The number of carbonyl (C=O) groups excluding carboxylic acids is 2. The molecule has 0 aromatic heterocycles. The van der Waals surface area contributed by atoms with Crippen LogP contribution in [0.5, 0.6) is 11.5 Å². The number of fused-ring (bicyclic) bond motifs is 1. The summed E-state index contributed by atoms with van der Waals surface area (Å²) in [7, 11) is 3.19. The van der Waals surface area contributed by atoms with Crippen molar-refractivity contribution in [3.8, 4) is 11.5 Å². The second-order valence-electron chi connectivity index (χ2n) is 8.19. The van der Waals surface area contributed by atoms with Gasteiger partial charge in [-0.1, -0.05) is 36.4 Å². The molecule has 4 rings (SSSR count). The summed E-state index contributed by atoms with van der Waals surface area (Å²) in [5.41, 5.74) is 4.22. The number of nitrogens with zero attached hydrogens (tertiary/aromatic N) is 1. The van der Waals surface area contributed by atoms with E-state index >= 15 is 0 Å². The zero-order chi connectivity index (χ0) is 24.1. The van der Waals surface area contributed by atoms with E-state index < -0.39 is 0 Å². The average molecular weight is 460 g/mol. The number of ether oxygens (including phenoxy) is 2. The maximum atomic E-state index is 13.3. The van der Waals surface area contributed by atoms with E-state index in [2.05, 4.69) is 10.6 Å². The molecule has 0 bridgehead atoms. The van der Waals surface area contributed by atoms with Crippen LogP contribution in [0, 0.1) is 6.92 Å². The molecule has 1 heterocycles. The van der Waals surface area contributed by atoms with Gasteiger partial charge in [0.25, 0.3) is 5.91 Å². The maximum Gasteiger partial charge on any atom is 0.322 e. The van der Waals surface area contributed by atoms with Gasteiger partial charge in [-0.25, -0.2) is 4.79 Å². The maximum absolute atomic E-state index is 13.3. The second kappa shape index (κ2) is 10.3. The Morgan fingerprint density at radius 2 is 1.65 bits per heavy atom. The van der Waals surface area contributed by atoms with Crippen molar-refractivity contribution in [1.29, 1.82) is 0 Å². The smallest absolute Gasteiger partial charge is 0.322 e. The van der Waals surface area contributed by atoms with E-state index in [-0.39, 0.29) is 24.5 Å². The Balaban J connectivity index is 1.64. The Kier molecular flexibility index (Phi) is 7.01. The van der Waals surface area contributed by atoms with E-state index in [0.29, 0.717) is 35.7 Å². The van der Waals surface area contributed by atoms with Crippen LogP contribution in [0.3, 0.4) is 0 Å². The molecule has 0 unspecified atom stereocenters. The molecule has 3 aromatic rings. The summed E-state index contributed by atoms with van der Waals surface area (Å²) in [5.74, 6) is 1.06. The Labute approximate surface area is 199 Å². The molecule has 2 N–H and O–H groups in total. The monoisotopic (exact) mass is 459 g/mol. The number of rotatable bonds is 6. The fourth-order valence-corrected chi connectivity index (χ4v) is 4.32. The number of carbonyl (C=O) groups is 2. The number of para-hydroxylation sites is 1. The summed E-state index contributed by atoms with van der Waals surface area (Å²) >= 11 is 0. The van der Waals surface area contributed by atoms with Crippen LogP contribution in [0.25, 0.3) is 0 Å². The number of hydrogen-bond acceptors (Lipinski definition) is 4. The molecule has 34 heavy (non-hydrogen) atoms. The number of benzene rings is 3. The first-order chi connectivity index (χ1) is 16.5. The van der Waals surface area contributed by atoms with Crippen molar-refractivity contribution in [3.63, 3.8) is 0 Å². The van der Waals surface area contributed by atoms with Gasteiger partial charge >= 0.3 is 6.03 Å². The quantitative estimate of drug-likeness (QED) is 0.566. The minimum absolute atomic E-state index is 0.172. The number of nitrogens with one attached hydrogen (secondary N) is 2. The Morgan fingerprint density at radius 3 is 2.35 bits per heavy atom. The van der Waals surface area contributed by atoms with Gasteiger partial charge in [0.15, 0.2) is 11.5 Å². The standard InChI is InChI=1S/C27H29N3O4/c1-18-9-7-8-12-21(18)26(31)28-17-23-22-16-25(34-3)24(33-2)15-19(22)13-14-30(23)27(32)29-20-10-5-4-6-11-20/h4-12,15-16,23H,13-14,17H2,1-3H3,(H,28,31)(H,29,32)/t23-/m1/s1. The predicted molar refractivity (Wildman–Crippen MR) is 132 cm³/mol. The molecule has 1 aliphatic rings. The van der Waals surface area contributed by atoms with E-state index in [9.17, 15) is 9.59 Å². The molecule has 7 nitrogen and oxygen atoms in total. The highest BCUT2D eigenvalue weighted by molar-refractivity contribution is 5.95. The molecule has 7 heteroatoms. The van der Waals surface area contributed by atoms with Crippen molar-refractivity contribution < 1.29 is 19.1 Å². The van der Waals surface area contributed by atoms with Crippen LogP contribution in [0.4, 0.5) is 10.5 Å². The van der Waals surface area contributed by atoms with Crippen LogP contribution in [0.2, 0.25) is 0 Å². The molecular formula is C27H29N3O4. The number of anilines is 1. The van der Waals surface area contributed by atoms with Crippen molar-refractivity contribution in [3.05, 3.63) is 89.0 Å². The summed E-state index contributed by atoms with van der Waals surface area (Å²) in [6.07, 6.45) is 0.667. The van der Waals surface area contributed by atoms with Crippen LogP contribution >= 0.6 is 0 Å². The third kappa shape index (κ3) is 4.83. The Hall–Kier alpha value is -4.00. The van der Waals surface area contributed by atoms with Crippen LogP contribution in [-0.2, 0) is 6.42 Å². The third-order valence-corrected chi connectivity index (χ3v) is 6.13. The minimum atomic E-state index is -0.375. The molecule has 176 valence electrons. The summed E-state index contributed by atoms with van der Waals surface area (Å²) < 4.78 is 11.0. The van der Waals surface area contributed by atoms with Gasteiger partial charge in [-0.15, -0.1) is 0 Å². The number of aryl methyl sites for hydroxylation is 1. The third-order valence-electron chi connectivity index (χ3n) is 6.13. The minimum Gasteiger partial charge on any atom is -0.493 e. The molecule has 0 fully saturated rings. The zero-order valence-electron chi connectivity index (χ0n) is 19.6. The second-order valence-corrected chi connectivity index (χ2v) is 8.19. The van der Waals surface area contributed by atoms with Crippen molar-refractivity contribution in [1.82, 2.24) is 10.2 Å². The van der Waals surface area contributed by atoms with Crippen LogP contribution < -0.4 is 20.1 Å². The van der Waals surface area contributed by atoms with Gasteiger partial charge in [0.05, 0.1) is 20.3 Å². The fraction of sp³-hybridized carbons (Fsp3) is 0.259. The van der Waals surface area contributed by atoms with E-state index in [0.717, 1.165) is 16.7 Å². The topological polar surface area (TPSA) is 79.9 Å². The molecule has 1 atom stereocenters. The van der Waals surface area contributed by atoms with Crippen LogP contribution in [0.15, 0.2) is 66.7 Å². The lowest BCUT2D eigenvalue weighted by Crippen LogP contribution is -2.47. The highest BCUT2D eigenvalue weighted by Gasteiger charge is 2.32. The van der Waals surface area contributed by atoms with Crippen molar-refractivity contribution >= 4 is 17.6 Å². The van der Waals surface area contributed by atoms with Gasteiger partial charge in [-0.2, -0.15) is 0 Å². The van der Waals surface area contributed by atoms with Crippen molar-refractivity contribution in [2.24, 2.45) is 0 Å².